The molecule has 5 heteroatoms. The van der Waals surface area contributed by atoms with Crippen LogP contribution in [-0.2, 0) is 9.47 Å². The monoisotopic (exact) mass is 309 g/mol. The number of carbonyl (C=O) groups is 1. The second-order valence-electron chi connectivity index (χ2n) is 5.99. The quantitative estimate of drug-likeness (QED) is 0.858. The van der Waals surface area contributed by atoms with Gasteiger partial charge in [-0.2, -0.15) is 11.3 Å². The maximum absolute atomic E-state index is 12.6. The fourth-order valence-electron chi connectivity index (χ4n) is 3.55. The zero-order chi connectivity index (χ0) is 14.7. The minimum absolute atomic E-state index is 0.0157. The average Bonchev–Trinajstić information content (AvgIpc) is 3.06. The van der Waals surface area contributed by atoms with Gasteiger partial charge < -0.3 is 14.4 Å². The van der Waals surface area contributed by atoms with E-state index in [4.69, 9.17) is 9.47 Å². The molecular formula is C16H23NO3S. The molecule has 4 nitrogen and oxygen atoms in total. The van der Waals surface area contributed by atoms with Crippen LogP contribution < -0.4 is 0 Å². The van der Waals surface area contributed by atoms with Gasteiger partial charge in [-0.3, -0.25) is 4.79 Å². The van der Waals surface area contributed by atoms with Crippen molar-refractivity contribution in [3.05, 3.63) is 22.4 Å². The SMILES string of the molecule is CCOC[C@]12CCCO[C@@H]1CCN(C(=O)c1ccsc1)C2. The standard InChI is InChI=1S/C16H23NO3S/c1-2-19-12-16-6-3-8-20-14(16)4-7-17(11-16)15(18)13-5-9-21-10-13/h5,9-10,14H,2-4,6-8,11-12H2,1H3/t14-,16-/m1/s1. The maximum atomic E-state index is 12.6. The van der Waals surface area contributed by atoms with E-state index in [1.54, 1.807) is 11.3 Å². The highest BCUT2D eigenvalue weighted by Gasteiger charge is 2.47. The van der Waals surface area contributed by atoms with Crippen molar-refractivity contribution in [2.24, 2.45) is 5.41 Å². The van der Waals surface area contributed by atoms with Crippen LogP contribution in [0.25, 0.3) is 0 Å². The zero-order valence-electron chi connectivity index (χ0n) is 12.5. The van der Waals surface area contributed by atoms with E-state index < -0.39 is 0 Å². The van der Waals surface area contributed by atoms with Crippen molar-refractivity contribution in [3.63, 3.8) is 0 Å². The maximum Gasteiger partial charge on any atom is 0.254 e. The topological polar surface area (TPSA) is 38.8 Å². The minimum Gasteiger partial charge on any atom is -0.381 e. The van der Waals surface area contributed by atoms with Gasteiger partial charge >= 0.3 is 0 Å². The van der Waals surface area contributed by atoms with E-state index in [0.717, 1.165) is 44.5 Å². The summed E-state index contributed by atoms with van der Waals surface area (Å²) < 4.78 is 11.7. The Kier molecular flexibility index (Phi) is 4.62. The molecule has 3 heterocycles. The fourth-order valence-corrected chi connectivity index (χ4v) is 4.18. The molecule has 3 rings (SSSR count). The van der Waals surface area contributed by atoms with E-state index in [0.29, 0.717) is 13.2 Å². The largest absolute Gasteiger partial charge is 0.381 e. The molecule has 0 N–H and O–H groups in total. The van der Waals surface area contributed by atoms with Crippen LogP contribution in [0.1, 0.15) is 36.5 Å². The first-order chi connectivity index (χ1) is 10.2. The van der Waals surface area contributed by atoms with Gasteiger partial charge in [0.15, 0.2) is 0 Å². The second-order valence-corrected chi connectivity index (χ2v) is 6.77. The minimum atomic E-state index is -0.0157. The van der Waals surface area contributed by atoms with Crippen LogP contribution in [0.5, 0.6) is 0 Å². The summed E-state index contributed by atoms with van der Waals surface area (Å²) in [5, 5.41) is 3.89. The lowest BCUT2D eigenvalue weighted by molar-refractivity contribution is -0.146. The van der Waals surface area contributed by atoms with Gasteiger partial charge in [-0.05, 0) is 37.6 Å². The van der Waals surface area contributed by atoms with Crippen molar-refractivity contribution in [2.45, 2.75) is 32.3 Å². The highest BCUT2D eigenvalue weighted by atomic mass is 32.1. The molecule has 0 spiro atoms. The van der Waals surface area contributed by atoms with Crippen LogP contribution in [0.3, 0.4) is 0 Å². The summed E-state index contributed by atoms with van der Waals surface area (Å²) in [5.74, 6) is 0.149. The number of ether oxygens (including phenoxy) is 2. The molecule has 116 valence electrons. The number of fused-ring (bicyclic) bond motifs is 1. The molecule has 2 aliphatic heterocycles. The number of amides is 1. The number of piperidine rings is 1. The number of thiophene rings is 1. The predicted molar refractivity (Wildman–Crippen MR) is 82.7 cm³/mol. The van der Waals surface area contributed by atoms with Crippen LogP contribution in [0.15, 0.2) is 16.8 Å². The molecule has 0 aliphatic carbocycles. The smallest absolute Gasteiger partial charge is 0.254 e. The second kappa shape index (κ2) is 6.46. The van der Waals surface area contributed by atoms with Gasteiger partial charge in [0.2, 0.25) is 0 Å². The van der Waals surface area contributed by atoms with E-state index in [1.807, 2.05) is 28.7 Å². The summed E-state index contributed by atoms with van der Waals surface area (Å²) in [4.78, 5) is 14.6. The van der Waals surface area contributed by atoms with Gasteiger partial charge in [0.05, 0.1) is 18.3 Å². The van der Waals surface area contributed by atoms with Crippen molar-refractivity contribution in [3.8, 4) is 0 Å². The van der Waals surface area contributed by atoms with Crippen LogP contribution in [-0.4, -0.2) is 49.8 Å². The molecule has 0 bridgehead atoms. The Balaban J connectivity index is 1.76. The molecule has 0 saturated carbocycles. The van der Waals surface area contributed by atoms with Crippen molar-refractivity contribution in [1.82, 2.24) is 4.90 Å². The van der Waals surface area contributed by atoms with Gasteiger partial charge in [0, 0.05) is 37.1 Å². The Labute approximate surface area is 130 Å². The Morgan fingerprint density at radius 3 is 3.29 bits per heavy atom. The molecule has 0 radical (unpaired) electrons. The van der Waals surface area contributed by atoms with Crippen molar-refractivity contribution < 1.29 is 14.3 Å². The molecule has 21 heavy (non-hydrogen) atoms. The number of carbonyl (C=O) groups excluding carboxylic acids is 1. The van der Waals surface area contributed by atoms with E-state index in [-0.39, 0.29) is 17.4 Å². The lowest BCUT2D eigenvalue weighted by Crippen LogP contribution is -2.58. The highest BCUT2D eigenvalue weighted by molar-refractivity contribution is 7.08. The lowest BCUT2D eigenvalue weighted by Gasteiger charge is -2.50. The Bertz CT molecular complexity index is 476. The Morgan fingerprint density at radius 2 is 2.52 bits per heavy atom. The summed E-state index contributed by atoms with van der Waals surface area (Å²) in [6.45, 7) is 5.82. The third-order valence-corrected chi connectivity index (χ3v) is 5.32. The summed E-state index contributed by atoms with van der Waals surface area (Å²) in [5.41, 5.74) is 0.791. The van der Waals surface area contributed by atoms with Gasteiger partial charge in [0.1, 0.15) is 0 Å². The van der Waals surface area contributed by atoms with Crippen molar-refractivity contribution in [1.29, 1.82) is 0 Å². The van der Waals surface area contributed by atoms with E-state index in [9.17, 15) is 4.79 Å². The number of hydrogen-bond acceptors (Lipinski definition) is 4. The van der Waals surface area contributed by atoms with Crippen LogP contribution in [0.4, 0.5) is 0 Å². The summed E-state index contributed by atoms with van der Waals surface area (Å²) in [7, 11) is 0. The van der Waals surface area contributed by atoms with E-state index in [1.165, 1.54) is 0 Å². The Morgan fingerprint density at radius 1 is 1.62 bits per heavy atom. The summed E-state index contributed by atoms with van der Waals surface area (Å²) in [6.07, 6.45) is 3.31. The average molecular weight is 309 g/mol. The third-order valence-electron chi connectivity index (χ3n) is 4.64. The molecule has 1 aromatic heterocycles. The fraction of sp³-hybridized carbons (Fsp3) is 0.688. The molecule has 2 saturated heterocycles. The van der Waals surface area contributed by atoms with Gasteiger partial charge in [-0.1, -0.05) is 0 Å². The van der Waals surface area contributed by atoms with E-state index in [2.05, 4.69) is 0 Å². The first-order valence-electron chi connectivity index (χ1n) is 7.76. The Hall–Kier alpha value is -0.910. The number of likely N-dealkylation sites (tertiary alicyclic amines) is 1. The summed E-state index contributed by atoms with van der Waals surface area (Å²) >= 11 is 1.57. The molecular weight excluding hydrogens is 286 g/mol. The first kappa shape index (κ1) is 15.0. The van der Waals surface area contributed by atoms with Crippen LogP contribution in [0, 0.1) is 5.41 Å². The normalized spacial score (nSPS) is 29.2. The molecule has 1 amide bonds. The molecule has 2 atom stereocenters. The molecule has 1 aromatic rings. The number of nitrogens with zero attached hydrogens (tertiary/aromatic N) is 1. The molecule has 2 aliphatic rings. The summed E-state index contributed by atoms with van der Waals surface area (Å²) in [6, 6.07) is 1.91. The van der Waals surface area contributed by atoms with Crippen molar-refractivity contribution in [2.75, 3.05) is 32.9 Å². The van der Waals surface area contributed by atoms with Crippen molar-refractivity contribution >= 4 is 17.2 Å². The third kappa shape index (κ3) is 3.00. The molecule has 0 unspecified atom stereocenters. The molecule has 0 aromatic carbocycles. The zero-order valence-corrected chi connectivity index (χ0v) is 13.4. The first-order valence-corrected chi connectivity index (χ1v) is 8.70. The van der Waals surface area contributed by atoms with Gasteiger partial charge in [-0.25, -0.2) is 0 Å². The van der Waals surface area contributed by atoms with Gasteiger partial charge in [0.25, 0.3) is 5.91 Å². The van der Waals surface area contributed by atoms with E-state index >= 15 is 0 Å². The van der Waals surface area contributed by atoms with Crippen LogP contribution in [0.2, 0.25) is 0 Å². The predicted octanol–water partition coefficient (Wildman–Crippen LogP) is 2.80. The molecule has 2 fully saturated rings. The number of hydrogen-bond donors (Lipinski definition) is 0. The van der Waals surface area contributed by atoms with Crippen LogP contribution >= 0.6 is 11.3 Å². The lowest BCUT2D eigenvalue weighted by atomic mass is 9.73. The van der Waals surface area contributed by atoms with Gasteiger partial charge in [-0.15, -0.1) is 0 Å². The highest BCUT2D eigenvalue weighted by Crippen LogP contribution is 2.40. The number of rotatable bonds is 4.